The SMILES string of the molecule is N[C@H]1CCC2(C[C@@H]1CS(=O)(=O)c1ccccc1)OCCO2. The number of hydrogen-bond acceptors (Lipinski definition) is 5. The fourth-order valence-corrected chi connectivity index (χ4v) is 4.92. The number of sulfone groups is 1. The molecule has 116 valence electrons. The van der Waals surface area contributed by atoms with Crippen molar-refractivity contribution in [2.75, 3.05) is 19.0 Å². The first-order chi connectivity index (χ1) is 10.0. The van der Waals surface area contributed by atoms with E-state index in [1.165, 1.54) is 0 Å². The molecule has 2 fully saturated rings. The lowest BCUT2D eigenvalue weighted by Crippen LogP contribution is -2.48. The van der Waals surface area contributed by atoms with Gasteiger partial charge in [-0.05, 0) is 24.5 Å². The van der Waals surface area contributed by atoms with Crippen LogP contribution in [0.5, 0.6) is 0 Å². The Morgan fingerprint density at radius 3 is 2.52 bits per heavy atom. The predicted octanol–water partition coefficient (Wildman–Crippen LogP) is 1.33. The molecule has 0 bridgehead atoms. The predicted molar refractivity (Wildman–Crippen MR) is 78.4 cm³/mol. The average Bonchev–Trinajstić information content (AvgIpc) is 2.92. The molecule has 3 rings (SSSR count). The highest BCUT2D eigenvalue weighted by molar-refractivity contribution is 7.91. The van der Waals surface area contributed by atoms with E-state index >= 15 is 0 Å². The maximum atomic E-state index is 12.5. The van der Waals surface area contributed by atoms with Gasteiger partial charge in [-0.1, -0.05) is 18.2 Å². The normalized spacial score (nSPS) is 28.8. The molecule has 1 aromatic rings. The zero-order chi connectivity index (χ0) is 14.9. The smallest absolute Gasteiger partial charge is 0.178 e. The second-order valence-electron chi connectivity index (χ2n) is 5.87. The molecule has 2 N–H and O–H groups in total. The van der Waals surface area contributed by atoms with Crippen LogP contribution in [0.4, 0.5) is 0 Å². The lowest BCUT2D eigenvalue weighted by molar-refractivity contribution is -0.187. The summed E-state index contributed by atoms with van der Waals surface area (Å²) in [5.41, 5.74) is 6.14. The Kier molecular flexibility index (Phi) is 4.05. The fourth-order valence-electron chi connectivity index (χ4n) is 3.22. The van der Waals surface area contributed by atoms with Gasteiger partial charge < -0.3 is 15.2 Å². The summed E-state index contributed by atoms with van der Waals surface area (Å²) in [5.74, 6) is -0.693. The molecule has 6 heteroatoms. The Balaban J connectivity index is 1.76. The summed E-state index contributed by atoms with van der Waals surface area (Å²) in [6.45, 7) is 1.15. The van der Waals surface area contributed by atoms with Crippen molar-refractivity contribution in [3.8, 4) is 0 Å². The summed E-state index contributed by atoms with van der Waals surface area (Å²) in [6, 6.07) is 8.41. The lowest BCUT2D eigenvalue weighted by atomic mass is 9.82. The van der Waals surface area contributed by atoms with Crippen molar-refractivity contribution in [2.45, 2.75) is 36.0 Å². The van der Waals surface area contributed by atoms with Crippen molar-refractivity contribution in [3.63, 3.8) is 0 Å². The van der Waals surface area contributed by atoms with E-state index < -0.39 is 15.6 Å². The van der Waals surface area contributed by atoms with Crippen LogP contribution in [0.15, 0.2) is 35.2 Å². The van der Waals surface area contributed by atoms with Crippen molar-refractivity contribution >= 4 is 9.84 Å². The minimum Gasteiger partial charge on any atom is -0.348 e. The zero-order valence-electron chi connectivity index (χ0n) is 11.9. The molecular formula is C15H21NO4S. The topological polar surface area (TPSA) is 78.6 Å². The third kappa shape index (κ3) is 3.13. The minimum absolute atomic E-state index is 0.0483. The van der Waals surface area contributed by atoms with E-state index in [4.69, 9.17) is 15.2 Å². The molecule has 1 saturated carbocycles. The van der Waals surface area contributed by atoms with Crippen molar-refractivity contribution in [3.05, 3.63) is 30.3 Å². The van der Waals surface area contributed by atoms with Crippen LogP contribution < -0.4 is 5.73 Å². The maximum Gasteiger partial charge on any atom is 0.178 e. The largest absolute Gasteiger partial charge is 0.348 e. The molecule has 0 unspecified atom stereocenters. The highest BCUT2D eigenvalue weighted by Gasteiger charge is 2.45. The number of ether oxygens (including phenoxy) is 2. The summed E-state index contributed by atoms with van der Waals surface area (Å²) in [7, 11) is -3.33. The van der Waals surface area contributed by atoms with Gasteiger partial charge in [0.2, 0.25) is 0 Å². The summed E-state index contributed by atoms with van der Waals surface area (Å²) in [6.07, 6.45) is 2.03. The first kappa shape index (κ1) is 15.0. The zero-order valence-corrected chi connectivity index (χ0v) is 12.7. The second kappa shape index (κ2) is 5.68. The van der Waals surface area contributed by atoms with E-state index in [9.17, 15) is 8.42 Å². The molecule has 0 amide bonds. The Hall–Kier alpha value is -0.950. The van der Waals surface area contributed by atoms with Crippen molar-refractivity contribution in [1.82, 2.24) is 0 Å². The van der Waals surface area contributed by atoms with Crippen LogP contribution in [-0.4, -0.2) is 39.2 Å². The molecule has 0 radical (unpaired) electrons. The van der Waals surface area contributed by atoms with Crippen LogP contribution >= 0.6 is 0 Å². The molecule has 1 saturated heterocycles. The van der Waals surface area contributed by atoms with E-state index in [1.54, 1.807) is 30.3 Å². The van der Waals surface area contributed by atoms with Gasteiger partial charge in [-0.2, -0.15) is 0 Å². The van der Waals surface area contributed by atoms with E-state index in [2.05, 4.69) is 0 Å². The van der Waals surface area contributed by atoms with Gasteiger partial charge in [0.15, 0.2) is 15.6 Å². The lowest BCUT2D eigenvalue weighted by Gasteiger charge is -2.39. The van der Waals surface area contributed by atoms with Crippen molar-refractivity contribution < 1.29 is 17.9 Å². The third-order valence-electron chi connectivity index (χ3n) is 4.39. The van der Waals surface area contributed by atoms with Crippen molar-refractivity contribution in [2.24, 2.45) is 11.7 Å². The standard InChI is InChI=1S/C15H21NO4S/c16-14-6-7-15(19-8-9-20-15)10-12(14)11-21(17,18)13-4-2-1-3-5-13/h1-5,12,14H,6-11,16H2/t12-,14+/m1/s1. The van der Waals surface area contributed by atoms with Crippen LogP contribution in [0.25, 0.3) is 0 Å². The van der Waals surface area contributed by atoms with Gasteiger partial charge in [-0.3, -0.25) is 0 Å². The highest BCUT2D eigenvalue weighted by atomic mass is 32.2. The second-order valence-corrected chi connectivity index (χ2v) is 7.90. The van der Waals surface area contributed by atoms with Gasteiger partial charge in [0, 0.05) is 18.9 Å². The van der Waals surface area contributed by atoms with Crippen LogP contribution in [0.1, 0.15) is 19.3 Å². The van der Waals surface area contributed by atoms with Gasteiger partial charge >= 0.3 is 0 Å². The minimum atomic E-state index is -3.33. The Bertz CT molecular complexity index is 581. The molecule has 1 aliphatic heterocycles. The Morgan fingerprint density at radius 2 is 1.86 bits per heavy atom. The van der Waals surface area contributed by atoms with Crippen LogP contribution in [0.3, 0.4) is 0 Å². The number of hydrogen-bond donors (Lipinski definition) is 1. The molecule has 2 atom stereocenters. The van der Waals surface area contributed by atoms with Crippen LogP contribution in [0, 0.1) is 5.92 Å². The Labute approximate surface area is 125 Å². The first-order valence-corrected chi connectivity index (χ1v) is 8.97. The molecule has 1 heterocycles. The highest BCUT2D eigenvalue weighted by Crippen LogP contribution is 2.39. The summed E-state index contributed by atoms with van der Waals surface area (Å²) >= 11 is 0. The van der Waals surface area contributed by atoms with E-state index in [0.717, 1.165) is 12.8 Å². The maximum absolute atomic E-state index is 12.5. The molecule has 5 nitrogen and oxygen atoms in total. The fraction of sp³-hybridized carbons (Fsp3) is 0.600. The van der Waals surface area contributed by atoms with Gasteiger partial charge in [-0.15, -0.1) is 0 Å². The average molecular weight is 311 g/mol. The van der Waals surface area contributed by atoms with E-state index in [0.29, 0.717) is 24.5 Å². The molecule has 21 heavy (non-hydrogen) atoms. The number of benzene rings is 1. The van der Waals surface area contributed by atoms with Gasteiger partial charge in [0.1, 0.15) is 0 Å². The summed E-state index contributed by atoms with van der Waals surface area (Å²) < 4.78 is 36.4. The van der Waals surface area contributed by atoms with Gasteiger partial charge in [0.25, 0.3) is 0 Å². The summed E-state index contributed by atoms with van der Waals surface area (Å²) in [4.78, 5) is 0.352. The van der Waals surface area contributed by atoms with Crippen LogP contribution in [-0.2, 0) is 19.3 Å². The van der Waals surface area contributed by atoms with Crippen molar-refractivity contribution in [1.29, 1.82) is 0 Å². The van der Waals surface area contributed by atoms with Gasteiger partial charge in [-0.25, -0.2) is 8.42 Å². The van der Waals surface area contributed by atoms with Gasteiger partial charge in [0.05, 0.1) is 23.9 Å². The van der Waals surface area contributed by atoms with Crippen LogP contribution in [0.2, 0.25) is 0 Å². The molecule has 1 spiro atoms. The molecule has 1 aromatic carbocycles. The number of rotatable bonds is 3. The quantitative estimate of drug-likeness (QED) is 0.911. The molecule has 0 aromatic heterocycles. The van der Waals surface area contributed by atoms with E-state index in [1.807, 2.05) is 0 Å². The molecular weight excluding hydrogens is 290 g/mol. The molecule has 2 aliphatic rings. The molecule has 1 aliphatic carbocycles. The number of nitrogens with two attached hydrogens (primary N) is 1. The Morgan fingerprint density at radius 1 is 1.19 bits per heavy atom. The third-order valence-corrected chi connectivity index (χ3v) is 6.24. The summed E-state index contributed by atoms with van der Waals surface area (Å²) in [5, 5.41) is 0. The van der Waals surface area contributed by atoms with E-state index in [-0.39, 0.29) is 17.7 Å². The monoisotopic (exact) mass is 311 g/mol. The first-order valence-electron chi connectivity index (χ1n) is 7.32.